The molecule has 0 aromatic carbocycles. The fourth-order valence-electron chi connectivity index (χ4n) is 2.92. The van der Waals surface area contributed by atoms with Crippen LogP contribution in [0.15, 0.2) is 0 Å². The molecule has 4 heteroatoms. The Kier molecular flexibility index (Phi) is 4.98. The summed E-state index contributed by atoms with van der Waals surface area (Å²) in [5.41, 5.74) is 1.22. The molecule has 2 rings (SSSR count). The molecule has 3 unspecified atom stereocenters. The van der Waals surface area contributed by atoms with Crippen LogP contribution in [0.3, 0.4) is 0 Å². The van der Waals surface area contributed by atoms with E-state index in [1.807, 2.05) is 11.3 Å². The van der Waals surface area contributed by atoms with E-state index >= 15 is 0 Å². The summed E-state index contributed by atoms with van der Waals surface area (Å²) in [6, 6.07) is 1.13. The quantitative estimate of drug-likeness (QED) is 0.919. The van der Waals surface area contributed by atoms with Crippen molar-refractivity contribution in [1.82, 2.24) is 15.2 Å². The van der Waals surface area contributed by atoms with Gasteiger partial charge in [0.05, 0.1) is 10.7 Å². The fourth-order valence-corrected chi connectivity index (χ4v) is 3.93. The highest BCUT2D eigenvalue weighted by atomic mass is 32.1. The largest absolute Gasteiger partial charge is 0.311 e. The van der Waals surface area contributed by atoms with Gasteiger partial charge in [0.2, 0.25) is 0 Å². The highest BCUT2D eigenvalue weighted by Crippen LogP contribution is 2.30. The molecule has 0 saturated carbocycles. The monoisotopic (exact) mass is 281 g/mol. The van der Waals surface area contributed by atoms with Crippen LogP contribution in [0.1, 0.15) is 48.8 Å². The van der Waals surface area contributed by atoms with E-state index in [-0.39, 0.29) is 0 Å². The van der Waals surface area contributed by atoms with Gasteiger partial charge in [-0.15, -0.1) is 11.3 Å². The molecule has 19 heavy (non-hydrogen) atoms. The van der Waals surface area contributed by atoms with Crippen molar-refractivity contribution in [3.63, 3.8) is 0 Å². The Bertz CT molecular complexity index is 416. The first-order chi connectivity index (χ1) is 9.02. The van der Waals surface area contributed by atoms with Crippen LogP contribution in [0.2, 0.25) is 0 Å². The maximum atomic E-state index is 4.57. The molecule has 1 aliphatic rings. The normalized spacial score (nSPS) is 24.4. The summed E-state index contributed by atoms with van der Waals surface area (Å²) in [6.07, 6.45) is 1.25. The summed E-state index contributed by atoms with van der Waals surface area (Å²) in [6.45, 7) is 14.6. The minimum atomic E-state index is 0.500. The molecule has 0 amide bonds. The van der Waals surface area contributed by atoms with E-state index < -0.39 is 0 Å². The van der Waals surface area contributed by atoms with Crippen LogP contribution in [0, 0.1) is 19.8 Å². The summed E-state index contributed by atoms with van der Waals surface area (Å²) in [4.78, 5) is 8.64. The molecule has 1 fully saturated rings. The number of nitrogens with zero attached hydrogens (tertiary/aromatic N) is 2. The molecule has 1 aliphatic heterocycles. The smallest absolute Gasteiger partial charge is 0.0900 e. The Labute approximate surface area is 121 Å². The lowest BCUT2D eigenvalue weighted by atomic mass is 9.96. The molecule has 2 heterocycles. The van der Waals surface area contributed by atoms with Crippen LogP contribution in [-0.2, 0) is 0 Å². The van der Waals surface area contributed by atoms with E-state index in [1.54, 1.807) is 0 Å². The number of hydrogen-bond donors (Lipinski definition) is 1. The Morgan fingerprint density at radius 3 is 2.74 bits per heavy atom. The van der Waals surface area contributed by atoms with Crippen LogP contribution >= 0.6 is 11.3 Å². The first-order valence-electron chi connectivity index (χ1n) is 7.44. The van der Waals surface area contributed by atoms with Gasteiger partial charge in [0.15, 0.2) is 0 Å². The summed E-state index contributed by atoms with van der Waals surface area (Å²) >= 11 is 1.86. The van der Waals surface area contributed by atoms with Gasteiger partial charge in [-0.3, -0.25) is 4.90 Å². The molecule has 1 N–H and O–H groups in total. The summed E-state index contributed by atoms with van der Waals surface area (Å²) in [5.74, 6) is 0.749. The van der Waals surface area contributed by atoms with Crippen LogP contribution in [0.5, 0.6) is 0 Å². The Hall–Kier alpha value is -0.450. The second-order valence-electron chi connectivity index (χ2n) is 5.80. The maximum Gasteiger partial charge on any atom is 0.0900 e. The van der Waals surface area contributed by atoms with Crippen molar-refractivity contribution in [2.24, 2.45) is 5.92 Å². The number of hydrogen-bond acceptors (Lipinski definition) is 4. The van der Waals surface area contributed by atoms with Crippen LogP contribution in [-0.4, -0.2) is 35.6 Å². The van der Waals surface area contributed by atoms with Crippen molar-refractivity contribution in [2.45, 2.75) is 53.1 Å². The van der Waals surface area contributed by atoms with Crippen molar-refractivity contribution in [1.29, 1.82) is 0 Å². The highest BCUT2D eigenvalue weighted by molar-refractivity contribution is 7.11. The lowest BCUT2D eigenvalue weighted by molar-refractivity contribution is 0.131. The molecule has 0 radical (unpaired) electrons. The molecule has 1 saturated heterocycles. The third-order valence-corrected chi connectivity index (χ3v) is 5.68. The van der Waals surface area contributed by atoms with E-state index in [9.17, 15) is 0 Å². The fraction of sp³-hybridized carbons (Fsp3) is 0.800. The molecule has 0 bridgehead atoms. The van der Waals surface area contributed by atoms with Crippen LogP contribution < -0.4 is 5.32 Å². The zero-order valence-electron chi connectivity index (χ0n) is 12.9. The van der Waals surface area contributed by atoms with E-state index in [2.05, 4.69) is 49.8 Å². The van der Waals surface area contributed by atoms with Gasteiger partial charge in [-0.05, 0) is 26.7 Å². The average molecular weight is 281 g/mol. The lowest BCUT2D eigenvalue weighted by Gasteiger charge is -2.39. The summed E-state index contributed by atoms with van der Waals surface area (Å²) < 4.78 is 0. The van der Waals surface area contributed by atoms with Crippen molar-refractivity contribution in [3.05, 3.63) is 15.6 Å². The highest BCUT2D eigenvalue weighted by Gasteiger charge is 2.28. The average Bonchev–Trinajstić information content (AvgIpc) is 2.76. The van der Waals surface area contributed by atoms with Crippen LogP contribution in [0.25, 0.3) is 0 Å². The standard InChI is InChI=1S/C15H27N3S/c1-6-10(2)14-9-18(8-7-16-14)12(4)15-11(3)17-13(5)19-15/h10,12,14,16H,6-9H2,1-5H3. The Morgan fingerprint density at radius 1 is 1.42 bits per heavy atom. The van der Waals surface area contributed by atoms with E-state index in [0.29, 0.717) is 12.1 Å². The topological polar surface area (TPSA) is 28.2 Å². The molecule has 3 atom stereocenters. The van der Waals surface area contributed by atoms with E-state index in [1.165, 1.54) is 22.0 Å². The first-order valence-corrected chi connectivity index (χ1v) is 8.26. The molecule has 3 nitrogen and oxygen atoms in total. The lowest BCUT2D eigenvalue weighted by Crippen LogP contribution is -2.53. The van der Waals surface area contributed by atoms with Crippen LogP contribution in [0.4, 0.5) is 0 Å². The Balaban J connectivity index is 2.06. The molecule has 1 aromatic rings. The number of aryl methyl sites for hydroxylation is 2. The van der Waals surface area contributed by atoms with Gasteiger partial charge in [0.25, 0.3) is 0 Å². The van der Waals surface area contributed by atoms with E-state index in [4.69, 9.17) is 0 Å². The van der Waals surface area contributed by atoms with Crippen molar-refractivity contribution in [3.8, 4) is 0 Å². The number of rotatable bonds is 4. The van der Waals surface area contributed by atoms with Gasteiger partial charge in [0.1, 0.15) is 0 Å². The number of thiazole rings is 1. The molecule has 0 spiro atoms. The minimum Gasteiger partial charge on any atom is -0.311 e. The Morgan fingerprint density at radius 2 is 2.16 bits per heavy atom. The molecular formula is C15H27N3S. The minimum absolute atomic E-state index is 0.500. The third-order valence-electron chi connectivity index (χ3n) is 4.43. The predicted molar refractivity (Wildman–Crippen MR) is 82.8 cm³/mol. The number of piperazine rings is 1. The zero-order valence-corrected chi connectivity index (χ0v) is 13.7. The summed E-state index contributed by atoms with van der Waals surface area (Å²) in [5, 5.41) is 4.86. The molecular weight excluding hydrogens is 254 g/mol. The van der Waals surface area contributed by atoms with Crippen molar-refractivity contribution < 1.29 is 0 Å². The van der Waals surface area contributed by atoms with Gasteiger partial charge >= 0.3 is 0 Å². The summed E-state index contributed by atoms with van der Waals surface area (Å²) in [7, 11) is 0. The van der Waals surface area contributed by atoms with Gasteiger partial charge < -0.3 is 5.32 Å². The predicted octanol–water partition coefficient (Wildman–Crippen LogP) is 3.14. The third kappa shape index (κ3) is 3.36. The molecule has 1 aromatic heterocycles. The molecule has 108 valence electrons. The maximum absolute atomic E-state index is 4.57. The SMILES string of the molecule is CCC(C)C1CN(C(C)c2sc(C)nc2C)CCN1. The van der Waals surface area contributed by atoms with Gasteiger partial charge in [0, 0.05) is 36.6 Å². The second-order valence-corrected chi connectivity index (χ2v) is 7.03. The second kappa shape index (κ2) is 6.33. The van der Waals surface area contributed by atoms with Crippen molar-refractivity contribution in [2.75, 3.05) is 19.6 Å². The molecule has 0 aliphatic carbocycles. The van der Waals surface area contributed by atoms with E-state index in [0.717, 1.165) is 25.6 Å². The van der Waals surface area contributed by atoms with Gasteiger partial charge in [-0.2, -0.15) is 0 Å². The zero-order chi connectivity index (χ0) is 14.0. The first kappa shape index (κ1) is 14.9. The van der Waals surface area contributed by atoms with Crippen molar-refractivity contribution >= 4 is 11.3 Å². The van der Waals surface area contributed by atoms with Gasteiger partial charge in [-0.1, -0.05) is 20.3 Å². The van der Waals surface area contributed by atoms with Gasteiger partial charge in [-0.25, -0.2) is 4.98 Å². The number of nitrogens with one attached hydrogen (secondary N) is 1. The number of aromatic nitrogens is 1.